The molecule has 0 aliphatic carbocycles. The molecule has 2 aromatic rings. The first-order valence-corrected chi connectivity index (χ1v) is 6.98. The van der Waals surface area contributed by atoms with Crippen molar-refractivity contribution in [1.82, 2.24) is 14.5 Å². The molecule has 0 saturated heterocycles. The van der Waals surface area contributed by atoms with Crippen LogP contribution >= 0.6 is 0 Å². The van der Waals surface area contributed by atoms with Crippen molar-refractivity contribution >= 4 is 0 Å². The van der Waals surface area contributed by atoms with Crippen LogP contribution < -0.4 is 10.5 Å². The predicted octanol–water partition coefficient (Wildman–Crippen LogP) is 2.71. The number of nitrogens with zero attached hydrogens (tertiary/aromatic N) is 3. The van der Waals surface area contributed by atoms with E-state index < -0.39 is 0 Å². The lowest BCUT2D eigenvalue weighted by Gasteiger charge is -2.16. The molecule has 0 aromatic carbocycles. The Morgan fingerprint density at radius 3 is 2.70 bits per heavy atom. The summed E-state index contributed by atoms with van der Waals surface area (Å²) in [6.45, 7) is 6.88. The summed E-state index contributed by atoms with van der Waals surface area (Å²) < 4.78 is 7.33. The minimum absolute atomic E-state index is 0.0240. The van der Waals surface area contributed by atoms with Crippen LogP contribution in [0, 0.1) is 5.92 Å². The van der Waals surface area contributed by atoms with Crippen molar-refractivity contribution in [3.8, 4) is 11.6 Å². The summed E-state index contributed by atoms with van der Waals surface area (Å²) in [4.78, 5) is 8.48. The lowest BCUT2D eigenvalue weighted by molar-refractivity contribution is 0.327. The first-order chi connectivity index (χ1) is 9.61. The fraction of sp³-hybridized carbons (Fsp3) is 0.467. The second-order valence-electron chi connectivity index (χ2n) is 5.21. The molecule has 2 aromatic heterocycles. The molecule has 5 nitrogen and oxygen atoms in total. The van der Waals surface area contributed by atoms with Gasteiger partial charge in [0.05, 0.1) is 36.7 Å². The summed E-state index contributed by atoms with van der Waals surface area (Å²) in [5.74, 6) is 1.18. The highest BCUT2D eigenvalue weighted by Gasteiger charge is 2.14. The maximum atomic E-state index is 6.25. The molecule has 0 fully saturated rings. The van der Waals surface area contributed by atoms with E-state index in [2.05, 4.69) is 23.8 Å². The van der Waals surface area contributed by atoms with Crippen LogP contribution in [-0.4, -0.2) is 21.1 Å². The van der Waals surface area contributed by atoms with Crippen LogP contribution in [0.4, 0.5) is 0 Å². The Labute approximate surface area is 119 Å². The van der Waals surface area contributed by atoms with Gasteiger partial charge in [0.1, 0.15) is 0 Å². The highest BCUT2D eigenvalue weighted by atomic mass is 16.5. The third-order valence-electron chi connectivity index (χ3n) is 3.06. The van der Waals surface area contributed by atoms with E-state index in [1.165, 1.54) is 0 Å². The lowest BCUT2D eigenvalue weighted by atomic mass is 10.0. The molecule has 2 N–H and O–H groups in total. The molecule has 2 rings (SSSR count). The fourth-order valence-corrected chi connectivity index (χ4v) is 2.17. The van der Waals surface area contributed by atoms with Gasteiger partial charge in [0.15, 0.2) is 0 Å². The fourth-order valence-electron chi connectivity index (χ4n) is 2.17. The first-order valence-electron chi connectivity index (χ1n) is 6.98. The van der Waals surface area contributed by atoms with E-state index in [1.54, 1.807) is 12.5 Å². The number of pyridine rings is 1. The number of ether oxygens (including phenoxy) is 1. The van der Waals surface area contributed by atoms with Gasteiger partial charge in [-0.1, -0.05) is 13.8 Å². The third-order valence-corrected chi connectivity index (χ3v) is 3.06. The lowest BCUT2D eigenvalue weighted by Crippen LogP contribution is -2.16. The van der Waals surface area contributed by atoms with Crippen molar-refractivity contribution in [2.45, 2.75) is 33.2 Å². The van der Waals surface area contributed by atoms with Crippen LogP contribution in [0.3, 0.4) is 0 Å². The van der Waals surface area contributed by atoms with E-state index in [-0.39, 0.29) is 6.04 Å². The molecule has 2 heterocycles. The van der Waals surface area contributed by atoms with Crippen molar-refractivity contribution in [2.24, 2.45) is 11.7 Å². The number of imidazole rings is 1. The second kappa shape index (κ2) is 6.52. The number of aromatic nitrogens is 3. The second-order valence-corrected chi connectivity index (χ2v) is 5.21. The highest BCUT2D eigenvalue weighted by Crippen LogP contribution is 2.22. The molecular weight excluding hydrogens is 252 g/mol. The van der Waals surface area contributed by atoms with Crippen LogP contribution in [0.25, 0.3) is 5.69 Å². The van der Waals surface area contributed by atoms with Crippen LogP contribution in [0.1, 0.15) is 38.9 Å². The smallest absolute Gasteiger partial charge is 0.213 e. The average molecular weight is 274 g/mol. The highest BCUT2D eigenvalue weighted by molar-refractivity contribution is 5.34. The Hall–Kier alpha value is -1.88. The third kappa shape index (κ3) is 3.36. The monoisotopic (exact) mass is 274 g/mol. The Bertz CT molecular complexity index is 533. The largest absolute Gasteiger partial charge is 0.478 e. The number of hydrogen-bond donors (Lipinski definition) is 1. The van der Waals surface area contributed by atoms with E-state index in [1.807, 2.05) is 29.8 Å². The van der Waals surface area contributed by atoms with E-state index in [4.69, 9.17) is 10.5 Å². The summed E-state index contributed by atoms with van der Waals surface area (Å²) in [5.41, 5.74) is 8.20. The van der Waals surface area contributed by atoms with Gasteiger partial charge < -0.3 is 15.0 Å². The Kier molecular flexibility index (Phi) is 4.74. The SMILES string of the molecule is CCOc1ccc(-n2cncc2C(N)CC(C)C)cn1. The van der Waals surface area contributed by atoms with Gasteiger partial charge >= 0.3 is 0 Å². The van der Waals surface area contributed by atoms with Crippen molar-refractivity contribution in [2.75, 3.05) is 6.61 Å². The van der Waals surface area contributed by atoms with Crippen LogP contribution in [0.5, 0.6) is 5.88 Å². The zero-order valence-corrected chi connectivity index (χ0v) is 12.3. The molecule has 1 atom stereocenters. The van der Waals surface area contributed by atoms with Crippen molar-refractivity contribution in [3.05, 3.63) is 36.5 Å². The van der Waals surface area contributed by atoms with Gasteiger partial charge in [-0.05, 0) is 25.3 Å². The molecule has 0 aliphatic rings. The molecule has 0 spiro atoms. The Morgan fingerprint density at radius 2 is 2.10 bits per heavy atom. The minimum Gasteiger partial charge on any atom is -0.478 e. The first kappa shape index (κ1) is 14.5. The summed E-state index contributed by atoms with van der Waals surface area (Å²) in [7, 11) is 0. The molecule has 0 bridgehead atoms. The van der Waals surface area contributed by atoms with E-state index in [9.17, 15) is 0 Å². The maximum Gasteiger partial charge on any atom is 0.213 e. The average Bonchev–Trinajstić information content (AvgIpc) is 2.88. The molecular formula is C15H22N4O. The number of nitrogens with two attached hydrogens (primary N) is 1. The van der Waals surface area contributed by atoms with Crippen molar-refractivity contribution in [1.29, 1.82) is 0 Å². The molecule has 5 heteroatoms. The molecule has 0 amide bonds. The predicted molar refractivity (Wildman–Crippen MR) is 78.9 cm³/mol. The van der Waals surface area contributed by atoms with Gasteiger partial charge in [0.2, 0.25) is 5.88 Å². The molecule has 0 radical (unpaired) electrons. The van der Waals surface area contributed by atoms with Crippen LogP contribution in [-0.2, 0) is 0 Å². The molecule has 108 valence electrons. The molecule has 20 heavy (non-hydrogen) atoms. The summed E-state index contributed by atoms with van der Waals surface area (Å²) in [6.07, 6.45) is 6.30. The topological polar surface area (TPSA) is 66.0 Å². The van der Waals surface area contributed by atoms with Gasteiger partial charge in [-0.25, -0.2) is 9.97 Å². The Morgan fingerprint density at radius 1 is 1.30 bits per heavy atom. The molecule has 1 unspecified atom stereocenters. The van der Waals surface area contributed by atoms with E-state index >= 15 is 0 Å². The van der Waals surface area contributed by atoms with E-state index in [0.717, 1.165) is 17.8 Å². The maximum absolute atomic E-state index is 6.25. The van der Waals surface area contributed by atoms with Crippen LogP contribution in [0.15, 0.2) is 30.9 Å². The minimum atomic E-state index is -0.0240. The molecule has 0 aliphatic heterocycles. The number of hydrogen-bond acceptors (Lipinski definition) is 4. The zero-order chi connectivity index (χ0) is 14.5. The Balaban J connectivity index is 2.22. The molecule has 0 saturated carbocycles. The van der Waals surface area contributed by atoms with E-state index in [0.29, 0.717) is 18.4 Å². The standard InChI is InChI=1S/C15H22N4O/c1-4-20-15-6-5-12(8-18-15)19-10-17-9-14(19)13(16)7-11(2)3/h5-6,8-11,13H,4,7,16H2,1-3H3. The van der Waals surface area contributed by atoms with Gasteiger partial charge in [-0.2, -0.15) is 0 Å². The van der Waals surface area contributed by atoms with Gasteiger partial charge in [0, 0.05) is 12.1 Å². The van der Waals surface area contributed by atoms with Gasteiger partial charge in [-0.3, -0.25) is 0 Å². The zero-order valence-electron chi connectivity index (χ0n) is 12.3. The van der Waals surface area contributed by atoms with Crippen LogP contribution in [0.2, 0.25) is 0 Å². The summed E-state index contributed by atoms with van der Waals surface area (Å²) >= 11 is 0. The van der Waals surface area contributed by atoms with Crippen molar-refractivity contribution < 1.29 is 4.74 Å². The number of rotatable bonds is 6. The summed E-state index contributed by atoms with van der Waals surface area (Å²) in [6, 6.07) is 3.80. The van der Waals surface area contributed by atoms with Gasteiger partial charge in [0.25, 0.3) is 0 Å². The van der Waals surface area contributed by atoms with Gasteiger partial charge in [-0.15, -0.1) is 0 Å². The normalized spacial score (nSPS) is 12.7. The van der Waals surface area contributed by atoms with Crippen molar-refractivity contribution in [3.63, 3.8) is 0 Å². The summed E-state index contributed by atoms with van der Waals surface area (Å²) in [5, 5.41) is 0. The quantitative estimate of drug-likeness (QED) is 0.879.